The molecule has 1 aromatic heterocycles. The Hall–Kier alpha value is -2.41. The third-order valence-corrected chi connectivity index (χ3v) is 7.33. The van der Waals surface area contributed by atoms with Crippen LogP contribution in [0.15, 0.2) is 48.7 Å². The van der Waals surface area contributed by atoms with Gasteiger partial charge in [0, 0.05) is 62.2 Å². The number of nitrogens with zero attached hydrogens (tertiary/aromatic N) is 3. The number of aromatic nitrogens is 1. The number of anilines is 2. The van der Waals surface area contributed by atoms with Gasteiger partial charge in [-0.15, -0.1) is 0 Å². The Kier molecular flexibility index (Phi) is 6.41. The van der Waals surface area contributed by atoms with Gasteiger partial charge in [0.15, 0.2) is 0 Å². The largest absolute Gasteiger partial charge is 0.388 e. The molecule has 4 heterocycles. The van der Waals surface area contributed by atoms with Crippen molar-refractivity contribution in [3.8, 4) is 0 Å². The maximum atomic E-state index is 11.9. The highest BCUT2D eigenvalue weighted by Gasteiger charge is 2.39. The van der Waals surface area contributed by atoms with Crippen LogP contribution in [0.25, 0.3) is 10.9 Å². The summed E-state index contributed by atoms with van der Waals surface area (Å²) in [7, 11) is 1.98. The van der Waals surface area contributed by atoms with Crippen LogP contribution >= 0.6 is 11.6 Å². The van der Waals surface area contributed by atoms with Gasteiger partial charge in [-0.1, -0.05) is 17.7 Å². The lowest BCUT2D eigenvalue weighted by atomic mass is 10.00. The molecule has 3 aliphatic rings. The number of hydrogen-bond donors (Lipinski definition) is 2. The molecule has 3 aromatic rings. The molecule has 3 aliphatic heterocycles. The Bertz CT molecular complexity index is 1130. The summed E-state index contributed by atoms with van der Waals surface area (Å²) in [5, 5.41) is 8.01. The Morgan fingerprint density at radius 3 is 2.79 bits per heavy atom. The molecule has 5 nitrogen and oxygen atoms in total. The highest BCUT2D eigenvalue weighted by atomic mass is 35.5. The zero-order chi connectivity index (χ0) is 22.9. The van der Waals surface area contributed by atoms with E-state index < -0.39 is 6.17 Å². The van der Waals surface area contributed by atoms with E-state index in [1.54, 1.807) is 0 Å². The summed E-state index contributed by atoms with van der Waals surface area (Å²) in [5.41, 5.74) is 6.21. The summed E-state index contributed by atoms with van der Waals surface area (Å²) in [6, 6.07) is 15.9. The third kappa shape index (κ3) is 4.39. The monoisotopic (exact) mass is 467 g/mol. The predicted octanol–water partition coefficient (Wildman–Crippen LogP) is 5.01. The molecule has 2 N–H and O–H groups in total. The molecule has 174 valence electrons. The molecular weight excluding hydrogens is 437 g/mol. The van der Waals surface area contributed by atoms with E-state index in [1.807, 2.05) is 25.4 Å². The van der Waals surface area contributed by atoms with Gasteiger partial charge in [-0.05, 0) is 67.4 Å². The number of piperazine rings is 1. The number of pyridine rings is 1. The number of alkyl halides is 1. The van der Waals surface area contributed by atoms with E-state index >= 15 is 0 Å². The Balaban J connectivity index is 0.000000332. The molecule has 0 amide bonds. The molecule has 0 saturated carbocycles. The van der Waals surface area contributed by atoms with Crippen LogP contribution in [0.2, 0.25) is 5.02 Å². The first kappa shape index (κ1) is 22.4. The molecule has 0 radical (unpaired) electrons. The minimum Gasteiger partial charge on any atom is -0.388 e. The number of halogens is 2. The number of fused-ring (bicyclic) bond motifs is 4. The predicted molar refractivity (Wildman–Crippen MR) is 135 cm³/mol. The van der Waals surface area contributed by atoms with E-state index in [9.17, 15) is 4.39 Å². The van der Waals surface area contributed by atoms with Crippen molar-refractivity contribution in [1.82, 2.24) is 15.2 Å². The standard InChI is InChI=1S/C22H23ClN4.C4H8FN/c1-14-11-26(20-8-7-19(23)22-18(20)4-3-9-25-22)13-21-17-6-5-16(24-2)10-15(17)12-27(14)21;5-4-1-2-6-3-4/h3-10,14,21,24H,11-13H2,1-2H3;4,6H,1-3H2/t14-,21-;4-/m10/s1. The molecule has 0 unspecified atom stereocenters. The highest BCUT2D eigenvalue weighted by Crippen LogP contribution is 2.42. The van der Waals surface area contributed by atoms with Crippen molar-refractivity contribution >= 4 is 33.9 Å². The van der Waals surface area contributed by atoms with Gasteiger partial charge in [0.1, 0.15) is 6.17 Å². The van der Waals surface area contributed by atoms with Gasteiger partial charge in [0.05, 0.1) is 16.6 Å². The summed E-state index contributed by atoms with van der Waals surface area (Å²) in [6.45, 7) is 6.80. The fourth-order valence-electron chi connectivity index (χ4n) is 5.30. The number of hydrogen-bond acceptors (Lipinski definition) is 5. The Labute approximate surface area is 199 Å². The molecule has 33 heavy (non-hydrogen) atoms. The van der Waals surface area contributed by atoms with Gasteiger partial charge >= 0.3 is 0 Å². The molecule has 2 fully saturated rings. The topological polar surface area (TPSA) is 43.4 Å². The second-order valence-corrected chi connectivity index (χ2v) is 9.57. The van der Waals surface area contributed by atoms with Gasteiger partial charge in [0.2, 0.25) is 0 Å². The van der Waals surface area contributed by atoms with Crippen LogP contribution in [0.5, 0.6) is 0 Å². The van der Waals surface area contributed by atoms with E-state index in [2.05, 4.69) is 62.7 Å². The van der Waals surface area contributed by atoms with Crippen molar-refractivity contribution in [2.24, 2.45) is 0 Å². The average molecular weight is 468 g/mol. The van der Waals surface area contributed by atoms with Crippen molar-refractivity contribution in [3.63, 3.8) is 0 Å². The molecule has 3 atom stereocenters. The summed E-state index contributed by atoms with van der Waals surface area (Å²) in [4.78, 5) is 9.64. The first-order chi connectivity index (χ1) is 16.0. The SMILES string of the molecule is CNc1ccc2c(c1)CN1[C@H](C)CN(c3ccc(Cl)c4ncccc34)C[C@H]21.F[C@H]1CCNC1. The van der Waals surface area contributed by atoms with Crippen LogP contribution in [0.4, 0.5) is 15.8 Å². The molecule has 6 rings (SSSR count). The van der Waals surface area contributed by atoms with Gasteiger partial charge in [-0.3, -0.25) is 9.88 Å². The summed E-state index contributed by atoms with van der Waals surface area (Å²) < 4.78 is 11.9. The average Bonchev–Trinajstić information content (AvgIpc) is 3.46. The normalized spacial score (nSPS) is 24.2. The fraction of sp³-hybridized carbons (Fsp3) is 0.423. The van der Waals surface area contributed by atoms with Gasteiger partial charge in [-0.25, -0.2) is 4.39 Å². The Morgan fingerprint density at radius 2 is 2.06 bits per heavy atom. The Morgan fingerprint density at radius 1 is 1.18 bits per heavy atom. The molecule has 7 heteroatoms. The van der Waals surface area contributed by atoms with Crippen molar-refractivity contribution in [3.05, 3.63) is 64.8 Å². The van der Waals surface area contributed by atoms with E-state index in [4.69, 9.17) is 11.6 Å². The van der Waals surface area contributed by atoms with Crippen molar-refractivity contribution < 1.29 is 4.39 Å². The first-order valence-corrected chi connectivity index (χ1v) is 12.1. The van der Waals surface area contributed by atoms with E-state index in [1.165, 1.54) is 22.5 Å². The maximum Gasteiger partial charge on any atom is 0.114 e. The van der Waals surface area contributed by atoms with Gasteiger partial charge < -0.3 is 15.5 Å². The second kappa shape index (κ2) is 9.45. The van der Waals surface area contributed by atoms with E-state index in [0.29, 0.717) is 30.1 Å². The molecule has 0 spiro atoms. The zero-order valence-corrected chi connectivity index (χ0v) is 19.9. The second-order valence-electron chi connectivity index (χ2n) is 9.16. The molecule has 0 bridgehead atoms. The van der Waals surface area contributed by atoms with Crippen LogP contribution in [0, 0.1) is 0 Å². The van der Waals surface area contributed by atoms with E-state index in [0.717, 1.165) is 37.1 Å². The minimum atomic E-state index is -0.565. The fourth-order valence-corrected chi connectivity index (χ4v) is 5.51. The number of benzene rings is 2. The highest BCUT2D eigenvalue weighted by molar-refractivity contribution is 6.35. The maximum absolute atomic E-state index is 11.9. The van der Waals surface area contributed by atoms with E-state index in [-0.39, 0.29) is 0 Å². The van der Waals surface area contributed by atoms with Crippen LogP contribution < -0.4 is 15.5 Å². The van der Waals surface area contributed by atoms with Crippen LogP contribution in [-0.4, -0.2) is 55.3 Å². The molecule has 2 saturated heterocycles. The molecule has 0 aliphatic carbocycles. The van der Waals surface area contributed by atoms with Crippen LogP contribution in [0.1, 0.15) is 30.5 Å². The summed E-state index contributed by atoms with van der Waals surface area (Å²) in [6.07, 6.45) is 1.95. The minimum absolute atomic E-state index is 0.428. The molecular formula is C26H31ClFN5. The summed E-state index contributed by atoms with van der Waals surface area (Å²) >= 11 is 6.39. The lowest BCUT2D eigenvalue weighted by Crippen LogP contribution is -2.51. The quantitative estimate of drug-likeness (QED) is 0.554. The lowest BCUT2D eigenvalue weighted by Gasteiger charge is -2.43. The van der Waals surface area contributed by atoms with Crippen molar-refractivity contribution in [2.75, 3.05) is 43.4 Å². The van der Waals surface area contributed by atoms with Gasteiger partial charge in [-0.2, -0.15) is 0 Å². The number of nitrogens with one attached hydrogen (secondary N) is 2. The summed E-state index contributed by atoms with van der Waals surface area (Å²) in [5.74, 6) is 0. The third-order valence-electron chi connectivity index (χ3n) is 7.03. The van der Waals surface area contributed by atoms with Crippen molar-refractivity contribution in [1.29, 1.82) is 0 Å². The smallest absolute Gasteiger partial charge is 0.114 e. The van der Waals surface area contributed by atoms with Crippen molar-refractivity contribution in [2.45, 2.75) is 38.1 Å². The first-order valence-electron chi connectivity index (χ1n) is 11.7. The van der Waals surface area contributed by atoms with Crippen LogP contribution in [-0.2, 0) is 6.54 Å². The number of rotatable bonds is 2. The van der Waals surface area contributed by atoms with Gasteiger partial charge in [0.25, 0.3) is 0 Å². The lowest BCUT2D eigenvalue weighted by molar-refractivity contribution is 0.134. The zero-order valence-electron chi connectivity index (χ0n) is 19.2. The molecule has 2 aromatic carbocycles. The van der Waals surface area contributed by atoms with Crippen LogP contribution in [0.3, 0.4) is 0 Å².